The first-order chi connectivity index (χ1) is 13.1. The number of thiophene rings is 1. The Morgan fingerprint density at radius 3 is 2.96 bits per heavy atom. The van der Waals surface area contributed by atoms with E-state index in [1.54, 1.807) is 31.2 Å². The van der Waals surface area contributed by atoms with Crippen LogP contribution in [0.15, 0.2) is 46.6 Å². The van der Waals surface area contributed by atoms with Crippen LogP contribution in [0, 0.1) is 0 Å². The van der Waals surface area contributed by atoms with Gasteiger partial charge in [0.05, 0.1) is 15.8 Å². The molecule has 9 nitrogen and oxygen atoms in total. The molecule has 27 heavy (non-hydrogen) atoms. The lowest BCUT2D eigenvalue weighted by molar-refractivity contribution is -0.150. The molecule has 0 saturated heterocycles. The van der Waals surface area contributed by atoms with E-state index >= 15 is 0 Å². The molecule has 1 atom stereocenters. The third-order valence-corrected chi connectivity index (χ3v) is 4.66. The number of H-pyrrole nitrogens is 1. The number of aromatic nitrogens is 6. The molecular formula is C17H14N6O3S. The second-order valence-electron chi connectivity index (χ2n) is 5.72. The van der Waals surface area contributed by atoms with E-state index in [0.29, 0.717) is 16.7 Å². The molecule has 3 heterocycles. The first-order valence-corrected chi connectivity index (χ1v) is 8.98. The summed E-state index contributed by atoms with van der Waals surface area (Å²) in [5.74, 6) is 0.165. The summed E-state index contributed by atoms with van der Waals surface area (Å²) in [7, 11) is 0. The van der Waals surface area contributed by atoms with Crippen molar-refractivity contribution in [1.29, 1.82) is 0 Å². The van der Waals surface area contributed by atoms with Gasteiger partial charge in [0.15, 0.2) is 18.5 Å². The fourth-order valence-corrected chi connectivity index (χ4v) is 3.17. The van der Waals surface area contributed by atoms with Gasteiger partial charge in [0, 0.05) is 0 Å². The van der Waals surface area contributed by atoms with Crippen molar-refractivity contribution in [3.05, 3.63) is 58.0 Å². The predicted octanol–water partition coefficient (Wildman–Crippen LogP) is 1.94. The Balaban J connectivity index is 1.46. The summed E-state index contributed by atoms with van der Waals surface area (Å²) in [6.07, 6.45) is -0.727. The second-order valence-corrected chi connectivity index (χ2v) is 6.67. The molecule has 10 heteroatoms. The van der Waals surface area contributed by atoms with Gasteiger partial charge in [-0.3, -0.25) is 4.79 Å². The van der Waals surface area contributed by atoms with E-state index in [0.717, 1.165) is 4.88 Å². The number of rotatable bonds is 5. The predicted molar refractivity (Wildman–Crippen MR) is 98.0 cm³/mol. The van der Waals surface area contributed by atoms with Gasteiger partial charge in [-0.05, 0) is 35.7 Å². The summed E-state index contributed by atoms with van der Waals surface area (Å²) in [6, 6.07) is 10.7. The van der Waals surface area contributed by atoms with Gasteiger partial charge in [-0.25, -0.2) is 9.78 Å². The van der Waals surface area contributed by atoms with Crippen molar-refractivity contribution in [2.24, 2.45) is 0 Å². The van der Waals surface area contributed by atoms with Gasteiger partial charge < -0.3 is 9.72 Å². The van der Waals surface area contributed by atoms with Crippen molar-refractivity contribution < 1.29 is 9.53 Å². The Morgan fingerprint density at radius 1 is 1.30 bits per heavy atom. The molecule has 136 valence electrons. The van der Waals surface area contributed by atoms with Gasteiger partial charge in [-0.1, -0.05) is 18.2 Å². The summed E-state index contributed by atoms with van der Waals surface area (Å²) in [5, 5.41) is 14.3. The smallest absolute Gasteiger partial charge is 0.330 e. The highest BCUT2D eigenvalue weighted by atomic mass is 32.1. The van der Waals surface area contributed by atoms with Gasteiger partial charge in [0.1, 0.15) is 0 Å². The Bertz CT molecular complexity index is 1150. The van der Waals surface area contributed by atoms with E-state index in [1.165, 1.54) is 16.1 Å². The minimum Gasteiger partial charge on any atom is -0.453 e. The van der Waals surface area contributed by atoms with Crippen LogP contribution in [0.3, 0.4) is 0 Å². The zero-order valence-corrected chi connectivity index (χ0v) is 15.0. The lowest BCUT2D eigenvalue weighted by atomic mass is 10.2. The van der Waals surface area contributed by atoms with Gasteiger partial charge >= 0.3 is 5.97 Å². The second kappa shape index (κ2) is 7.08. The van der Waals surface area contributed by atoms with Gasteiger partial charge in [0.2, 0.25) is 5.82 Å². The van der Waals surface area contributed by atoms with Gasteiger partial charge in [0.25, 0.3) is 5.56 Å². The topological polar surface area (TPSA) is 116 Å². The van der Waals surface area contributed by atoms with Crippen molar-refractivity contribution in [2.45, 2.75) is 19.6 Å². The zero-order valence-electron chi connectivity index (χ0n) is 14.2. The number of hydrogen-bond donors (Lipinski definition) is 1. The number of ether oxygens (including phenoxy) is 1. The number of tetrazole rings is 1. The van der Waals surface area contributed by atoms with Crippen LogP contribution in [-0.2, 0) is 16.1 Å². The number of esters is 1. The van der Waals surface area contributed by atoms with Crippen molar-refractivity contribution in [1.82, 2.24) is 30.2 Å². The minimum absolute atomic E-state index is 0.194. The number of aromatic amines is 1. The first kappa shape index (κ1) is 17.0. The highest BCUT2D eigenvalue weighted by molar-refractivity contribution is 7.13. The lowest BCUT2D eigenvalue weighted by Gasteiger charge is -2.12. The van der Waals surface area contributed by atoms with Crippen LogP contribution in [0.1, 0.15) is 18.9 Å². The minimum atomic E-state index is -0.727. The van der Waals surface area contributed by atoms with E-state index in [9.17, 15) is 9.59 Å². The lowest BCUT2D eigenvalue weighted by Crippen LogP contribution is -2.20. The molecule has 0 bridgehead atoms. The van der Waals surface area contributed by atoms with E-state index in [4.69, 9.17) is 4.74 Å². The fourth-order valence-electron chi connectivity index (χ4n) is 2.52. The van der Waals surface area contributed by atoms with Gasteiger partial charge in [-0.2, -0.15) is 4.80 Å². The molecule has 4 aromatic rings. The number of hydrogen-bond acceptors (Lipinski definition) is 8. The molecule has 1 aromatic carbocycles. The van der Waals surface area contributed by atoms with Crippen molar-refractivity contribution >= 4 is 28.2 Å². The van der Waals surface area contributed by atoms with Crippen LogP contribution in [0.25, 0.3) is 21.6 Å². The Kier molecular flexibility index (Phi) is 4.47. The Morgan fingerprint density at radius 2 is 2.15 bits per heavy atom. The average Bonchev–Trinajstić information content (AvgIpc) is 3.33. The van der Waals surface area contributed by atoms with E-state index in [-0.39, 0.29) is 17.9 Å². The third-order valence-electron chi connectivity index (χ3n) is 3.79. The number of para-hydroxylation sites is 1. The molecule has 0 spiro atoms. The summed E-state index contributed by atoms with van der Waals surface area (Å²) < 4.78 is 5.35. The molecule has 0 radical (unpaired) electrons. The Labute approximate surface area is 156 Å². The first-order valence-electron chi connectivity index (χ1n) is 8.10. The maximum Gasteiger partial charge on any atom is 0.330 e. The number of carbonyl (C=O) groups excluding carboxylic acids is 1. The number of fused-ring (bicyclic) bond motifs is 1. The summed E-state index contributed by atoms with van der Waals surface area (Å²) >= 11 is 1.48. The highest BCUT2D eigenvalue weighted by Gasteiger charge is 2.17. The fraction of sp³-hybridized carbons (Fsp3) is 0.176. The number of nitrogens with one attached hydrogen (secondary N) is 1. The molecule has 0 aliphatic rings. The molecule has 0 aliphatic heterocycles. The molecule has 3 aromatic heterocycles. The number of nitrogens with zero attached hydrogens (tertiary/aromatic N) is 5. The Hall–Kier alpha value is -3.40. The summed E-state index contributed by atoms with van der Waals surface area (Å²) in [4.78, 5) is 33.3. The SMILES string of the molecule is C[C@H](OC(=O)Cn1nnc(-c2cccs2)n1)c1nc2ccccc2c(=O)[nH]1. The standard InChI is InChI=1S/C17H14N6O3S/c1-10(15-18-12-6-3-2-5-11(12)17(25)19-15)26-14(24)9-23-21-16(20-22-23)13-7-4-8-27-13/h2-8,10H,9H2,1H3,(H,18,19,25)/t10-/m0/s1. The van der Waals surface area contributed by atoms with Crippen molar-refractivity contribution in [3.8, 4) is 10.7 Å². The van der Waals surface area contributed by atoms with Crippen LogP contribution in [0.5, 0.6) is 0 Å². The van der Waals surface area contributed by atoms with Crippen LogP contribution in [-0.4, -0.2) is 36.1 Å². The average molecular weight is 382 g/mol. The number of carbonyl (C=O) groups is 1. The molecular weight excluding hydrogens is 368 g/mol. The summed E-state index contributed by atoms with van der Waals surface area (Å²) in [6.45, 7) is 1.44. The molecule has 4 rings (SSSR count). The maximum atomic E-state index is 12.2. The zero-order chi connectivity index (χ0) is 18.8. The normalized spacial score (nSPS) is 12.2. The highest BCUT2D eigenvalue weighted by Crippen LogP contribution is 2.19. The maximum absolute atomic E-state index is 12.2. The van der Waals surface area contributed by atoms with E-state index in [1.807, 2.05) is 17.5 Å². The van der Waals surface area contributed by atoms with Crippen molar-refractivity contribution in [3.63, 3.8) is 0 Å². The quantitative estimate of drug-likeness (QED) is 0.524. The third kappa shape index (κ3) is 3.60. The molecule has 0 saturated carbocycles. The molecule has 0 unspecified atom stereocenters. The monoisotopic (exact) mass is 382 g/mol. The summed E-state index contributed by atoms with van der Waals surface area (Å²) in [5.41, 5.74) is 0.259. The van der Waals surface area contributed by atoms with E-state index in [2.05, 4.69) is 25.4 Å². The molecule has 0 aliphatic carbocycles. The van der Waals surface area contributed by atoms with Crippen LogP contribution < -0.4 is 5.56 Å². The van der Waals surface area contributed by atoms with Crippen LogP contribution in [0.4, 0.5) is 0 Å². The largest absolute Gasteiger partial charge is 0.453 e. The molecule has 0 amide bonds. The molecule has 1 N–H and O–H groups in total. The number of benzene rings is 1. The van der Waals surface area contributed by atoms with Crippen LogP contribution in [0.2, 0.25) is 0 Å². The van der Waals surface area contributed by atoms with Crippen LogP contribution >= 0.6 is 11.3 Å². The van der Waals surface area contributed by atoms with Crippen molar-refractivity contribution in [2.75, 3.05) is 0 Å². The van der Waals surface area contributed by atoms with Gasteiger partial charge in [-0.15, -0.1) is 21.5 Å². The van der Waals surface area contributed by atoms with E-state index < -0.39 is 12.1 Å². The molecule has 0 fully saturated rings.